The van der Waals surface area contributed by atoms with E-state index < -0.39 is 13.3 Å². The number of hydrogen-bond donors (Lipinski definition) is 0. The van der Waals surface area contributed by atoms with Gasteiger partial charge in [0.25, 0.3) is 0 Å². The van der Waals surface area contributed by atoms with Crippen LogP contribution in [0.1, 0.15) is 75.8 Å². The Morgan fingerprint density at radius 2 is 1.39 bits per heavy atom. The molecule has 0 fully saturated rings. The maximum Gasteiger partial charge on any atom is 0.168 e. The van der Waals surface area contributed by atoms with Gasteiger partial charge in [0, 0.05) is 36.9 Å². The van der Waals surface area contributed by atoms with Crippen LogP contribution in [0.2, 0.25) is 17.3 Å². The third kappa shape index (κ3) is 9.15. The molecule has 4 heterocycles. The van der Waals surface area contributed by atoms with Gasteiger partial charge in [-0.05, 0) is 71.3 Å². The van der Waals surface area contributed by atoms with Gasteiger partial charge in [-0.3, -0.25) is 4.98 Å². The summed E-state index contributed by atoms with van der Waals surface area (Å²) in [6.07, 6.45) is 3.27. The fraction of sp³-hybridized carbons (Fsp3) is 0.255. The molecule has 0 saturated carbocycles. The molecule has 0 spiro atoms. The van der Waals surface area contributed by atoms with Crippen LogP contribution in [0, 0.1) is 25.0 Å². The molecule has 4 aromatic heterocycles. The van der Waals surface area contributed by atoms with Crippen molar-refractivity contribution in [3.63, 3.8) is 0 Å². The standard InChI is InChI=1S/C37H32N3O.C18H24GeN.Ir/c1-22(2)30-20-26(25-12-7-6-8-13-25)21-31(23(3)4)34(30)40-32-19-18-24(5)38-36(32)39-37(40)29-16-11-15-28-27-14-9-10-17-33(27)41-35(28)29;1-14(2)11-16-12-18(15-9-7-6-8-10-15)20-13-17(16)19(3,4)5;/h6-15,17-23H,1-5H3;6-9,12-14H,11H2,1-5H3;/q2*-1;. The van der Waals surface area contributed by atoms with Crippen LogP contribution in [0.3, 0.4) is 0 Å². The van der Waals surface area contributed by atoms with E-state index in [1.807, 2.05) is 49.4 Å². The van der Waals surface area contributed by atoms with Crippen LogP contribution in [0.25, 0.3) is 72.6 Å². The summed E-state index contributed by atoms with van der Waals surface area (Å²) in [5.74, 6) is 9.34. The normalized spacial score (nSPS) is 11.8. The van der Waals surface area contributed by atoms with Crippen LogP contribution in [0.4, 0.5) is 0 Å². The number of imidazole rings is 1. The van der Waals surface area contributed by atoms with Crippen molar-refractivity contribution < 1.29 is 24.5 Å². The van der Waals surface area contributed by atoms with E-state index in [1.54, 1.807) is 4.40 Å². The molecule has 9 rings (SSSR count). The summed E-state index contributed by atoms with van der Waals surface area (Å²) in [5.41, 5.74) is 14.9. The molecular weight excluding hydrogens is 997 g/mol. The molecule has 0 aliphatic heterocycles. The zero-order valence-electron chi connectivity index (χ0n) is 37.6. The van der Waals surface area contributed by atoms with E-state index in [2.05, 4.69) is 161 Å². The third-order valence-electron chi connectivity index (χ3n) is 11.4. The molecule has 0 aliphatic carbocycles. The summed E-state index contributed by atoms with van der Waals surface area (Å²) in [4.78, 5) is 14.8. The van der Waals surface area contributed by atoms with E-state index >= 15 is 0 Å². The van der Waals surface area contributed by atoms with Crippen LogP contribution in [0.5, 0.6) is 0 Å². The van der Waals surface area contributed by atoms with Crippen molar-refractivity contribution >= 4 is 50.8 Å². The van der Waals surface area contributed by atoms with Crippen molar-refractivity contribution in [2.45, 2.75) is 84.0 Å². The fourth-order valence-electron chi connectivity index (χ4n) is 8.40. The van der Waals surface area contributed by atoms with Crippen LogP contribution in [-0.2, 0) is 26.5 Å². The van der Waals surface area contributed by atoms with Gasteiger partial charge < -0.3 is 8.98 Å². The van der Waals surface area contributed by atoms with Crippen molar-refractivity contribution in [2.75, 3.05) is 0 Å². The molecule has 0 aliphatic rings. The molecule has 7 heteroatoms. The molecule has 317 valence electrons. The topological polar surface area (TPSA) is 56.7 Å². The fourth-order valence-corrected chi connectivity index (χ4v) is 11.7. The second-order valence-corrected chi connectivity index (χ2v) is 28.9. The monoisotopic (exact) mass is 1060 g/mol. The van der Waals surface area contributed by atoms with E-state index in [0.29, 0.717) is 5.92 Å². The molecule has 5 nitrogen and oxygen atoms in total. The van der Waals surface area contributed by atoms with Crippen molar-refractivity contribution in [1.29, 1.82) is 0 Å². The molecule has 0 amide bonds. The minimum Gasteiger partial charge on any atom is -0.501 e. The predicted octanol–water partition coefficient (Wildman–Crippen LogP) is 14.3. The largest absolute Gasteiger partial charge is 0.501 e. The van der Waals surface area contributed by atoms with E-state index in [4.69, 9.17) is 19.4 Å². The van der Waals surface area contributed by atoms with E-state index in [1.165, 1.54) is 33.5 Å². The van der Waals surface area contributed by atoms with Crippen LogP contribution in [-0.4, -0.2) is 32.8 Å². The summed E-state index contributed by atoms with van der Waals surface area (Å²) < 4.78 is 10.3. The molecule has 0 atom stereocenters. The minimum atomic E-state index is -1.86. The Kier molecular flexibility index (Phi) is 13.5. The molecular formula is C55H56GeIrN4O-2. The Bertz CT molecular complexity index is 2950. The van der Waals surface area contributed by atoms with Gasteiger partial charge in [-0.25, -0.2) is 4.98 Å². The summed E-state index contributed by atoms with van der Waals surface area (Å²) in [7, 11) is 0. The average Bonchev–Trinajstić information content (AvgIpc) is 3.81. The minimum absolute atomic E-state index is 0. The number of benzene rings is 5. The number of rotatable bonds is 9. The Balaban J connectivity index is 0.000000233. The maximum atomic E-state index is 6.48. The number of pyridine rings is 2. The number of furan rings is 1. The number of aryl methyl sites for hydroxylation is 1. The first kappa shape index (κ1) is 44.9. The van der Waals surface area contributed by atoms with Crippen molar-refractivity contribution in [3.05, 3.63) is 162 Å². The third-order valence-corrected chi connectivity index (χ3v) is 15.7. The summed E-state index contributed by atoms with van der Waals surface area (Å²) in [5, 5.41) is 2.15. The molecule has 62 heavy (non-hydrogen) atoms. The first-order valence-corrected chi connectivity index (χ1v) is 29.0. The first-order valence-electron chi connectivity index (χ1n) is 21.7. The average molecular weight is 1050 g/mol. The number of nitrogens with zero attached hydrogens (tertiary/aromatic N) is 4. The van der Waals surface area contributed by atoms with E-state index in [9.17, 15) is 0 Å². The van der Waals surface area contributed by atoms with Gasteiger partial charge in [-0.1, -0.05) is 87.2 Å². The molecule has 0 unspecified atom stereocenters. The van der Waals surface area contributed by atoms with Crippen LogP contribution in [0.15, 0.2) is 132 Å². The van der Waals surface area contributed by atoms with Gasteiger partial charge >= 0.3 is 126 Å². The van der Waals surface area contributed by atoms with Gasteiger partial charge in [-0.15, -0.1) is 18.2 Å². The molecule has 5 aromatic carbocycles. The Morgan fingerprint density at radius 1 is 0.694 bits per heavy atom. The predicted molar refractivity (Wildman–Crippen MR) is 259 cm³/mol. The second-order valence-electron chi connectivity index (χ2n) is 18.3. The van der Waals surface area contributed by atoms with Crippen molar-refractivity contribution in [2.24, 2.45) is 5.92 Å². The Labute approximate surface area is 383 Å². The number of aromatic nitrogens is 4. The Morgan fingerprint density at radius 3 is 2.05 bits per heavy atom. The number of fused-ring (bicyclic) bond motifs is 4. The van der Waals surface area contributed by atoms with Gasteiger partial charge in [0.1, 0.15) is 5.58 Å². The molecule has 0 N–H and O–H groups in total. The van der Waals surface area contributed by atoms with E-state index in [0.717, 1.165) is 67.9 Å². The van der Waals surface area contributed by atoms with E-state index in [-0.39, 0.29) is 31.9 Å². The van der Waals surface area contributed by atoms with Gasteiger partial charge in [0.15, 0.2) is 5.65 Å². The molecule has 9 aromatic rings. The second kappa shape index (κ2) is 18.7. The summed E-state index contributed by atoms with van der Waals surface area (Å²) >= 11 is -1.86. The van der Waals surface area contributed by atoms with Gasteiger partial charge in [-0.2, -0.15) is 0 Å². The zero-order chi connectivity index (χ0) is 43.0. The van der Waals surface area contributed by atoms with Gasteiger partial charge in [0.05, 0.1) is 16.9 Å². The quantitative estimate of drug-likeness (QED) is 0.107. The summed E-state index contributed by atoms with van der Waals surface area (Å²) in [6.45, 7) is 15.7. The SMILES string of the molecule is CC(C)Cc1cc(-c2[c-]cccc2)nc[c]1[Ge]([CH3])([CH3])[CH3].Cc1ccc2c(n1)nc(-c1[c-]ccc3c1oc1ccccc13)n2-c1c(C(C)C)cc(-c2ccccc2)cc1C(C)C.[Ir]. The smallest absolute Gasteiger partial charge is 0.168 e. The van der Waals surface area contributed by atoms with Gasteiger partial charge in [0.2, 0.25) is 0 Å². The van der Waals surface area contributed by atoms with Crippen LogP contribution < -0.4 is 4.40 Å². The Hall–Kier alpha value is -5.14. The first-order chi connectivity index (χ1) is 29.3. The van der Waals surface area contributed by atoms with Crippen molar-refractivity contribution in [1.82, 2.24) is 19.5 Å². The maximum absolute atomic E-state index is 6.48. The molecule has 1 radical (unpaired) electrons. The number of para-hydroxylation sites is 1. The molecule has 0 saturated heterocycles. The zero-order valence-corrected chi connectivity index (χ0v) is 42.1. The molecule has 0 bridgehead atoms. The van der Waals surface area contributed by atoms with Crippen LogP contribution >= 0.6 is 0 Å². The number of hydrogen-bond acceptors (Lipinski definition) is 4. The van der Waals surface area contributed by atoms with Crippen molar-refractivity contribution in [3.8, 4) is 39.5 Å². The summed E-state index contributed by atoms with van der Waals surface area (Å²) in [6, 6.07) is 48.9.